The number of nitrogens with two attached hydrogens (primary N) is 1. The molecule has 0 saturated carbocycles. The number of hydrogen-bond acceptors (Lipinski definition) is 3. The highest BCUT2D eigenvalue weighted by molar-refractivity contribution is 5.85. The summed E-state index contributed by atoms with van der Waals surface area (Å²) in [6.07, 6.45) is 3.03. The van der Waals surface area contributed by atoms with Crippen molar-refractivity contribution in [2.75, 3.05) is 26.2 Å². The molecule has 17 heavy (non-hydrogen) atoms. The van der Waals surface area contributed by atoms with Gasteiger partial charge in [0.05, 0.1) is 0 Å². The number of piperazine rings is 1. The lowest BCUT2D eigenvalue weighted by Crippen LogP contribution is -2.56. The van der Waals surface area contributed by atoms with Crippen molar-refractivity contribution in [3.63, 3.8) is 0 Å². The van der Waals surface area contributed by atoms with E-state index < -0.39 is 0 Å². The minimum atomic E-state index is 0. The summed E-state index contributed by atoms with van der Waals surface area (Å²) in [5.41, 5.74) is 5.43. The second kappa shape index (κ2) is 7.41. The van der Waals surface area contributed by atoms with Crippen molar-refractivity contribution in [3.8, 4) is 0 Å². The van der Waals surface area contributed by atoms with E-state index >= 15 is 0 Å². The number of fused-ring (bicyclic) bond motifs is 1. The Hall–Kier alpha value is -0.0300. The minimum absolute atomic E-state index is 0. The third kappa shape index (κ3) is 3.71. The number of carbonyl (C=O) groups excluding carboxylic acids is 1. The van der Waals surface area contributed by atoms with E-state index in [1.807, 2.05) is 4.90 Å². The highest BCUT2D eigenvalue weighted by Gasteiger charge is 2.35. The van der Waals surface area contributed by atoms with Gasteiger partial charge < -0.3 is 10.6 Å². The van der Waals surface area contributed by atoms with Gasteiger partial charge in [-0.1, -0.05) is 0 Å². The van der Waals surface area contributed by atoms with Gasteiger partial charge in [-0.3, -0.25) is 9.69 Å². The molecule has 0 bridgehead atoms. The number of hydrogen-bond donors (Lipinski definition) is 1. The molecule has 2 atom stereocenters. The van der Waals surface area contributed by atoms with Crippen LogP contribution >= 0.6 is 24.8 Å². The van der Waals surface area contributed by atoms with Crippen LogP contribution in [0.4, 0.5) is 0 Å². The Bertz CT molecular complexity index is 253. The second-order valence-electron chi connectivity index (χ2n) is 4.72. The van der Waals surface area contributed by atoms with Gasteiger partial charge in [0.25, 0.3) is 0 Å². The third-order valence-electron chi connectivity index (χ3n) is 3.62. The number of carbonyl (C=O) groups is 1. The lowest BCUT2D eigenvalue weighted by molar-refractivity contribution is -0.136. The van der Waals surface area contributed by atoms with Gasteiger partial charge in [-0.25, -0.2) is 0 Å². The van der Waals surface area contributed by atoms with Gasteiger partial charge in [-0.15, -0.1) is 24.8 Å². The van der Waals surface area contributed by atoms with Crippen molar-refractivity contribution in [2.45, 2.75) is 38.3 Å². The van der Waals surface area contributed by atoms with Crippen LogP contribution < -0.4 is 5.73 Å². The molecule has 2 unspecified atom stereocenters. The van der Waals surface area contributed by atoms with Gasteiger partial charge >= 0.3 is 0 Å². The van der Waals surface area contributed by atoms with Crippen molar-refractivity contribution in [1.29, 1.82) is 0 Å². The van der Waals surface area contributed by atoms with Gasteiger partial charge in [0.15, 0.2) is 0 Å². The molecule has 2 heterocycles. The molecule has 2 saturated heterocycles. The van der Waals surface area contributed by atoms with Gasteiger partial charge in [0, 0.05) is 38.1 Å². The van der Waals surface area contributed by atoms with E-state index in [4.69, 9.17) is 5.73 Å². The standard InChI is InChI=1S/C11H21N3O.2ClH/c1-9-7-13-6-2-3-10(13)8-14(9)11(15)4-5-12;;/h9-10H,2-8,12H2,1H3;2*1H. The maximum atomic E-state index is 11.8. The highest BCUT2D eigenvalue weighted by atomic mass is 35.5. The van der Waals surface area contributed by atoms with E-state index in [0.29, 0.717) is 25.0 Å². The van der Waals surface area contributed by atoms with Crippen LogP contribution in [0, 0.1) is 0 Å². The molecule has 0 aromatic rings. The molecule has 102 valence electrons. The summed E-state index contributed by atoms with van der Waals surface area (Å²) in [7, 11) is 0. The van der Waals surface area contributed by atoms with E-state index in [-0.39, 0.29) is 30.7 Å². The molecule has 0 radical (unpaired) electrons. The van der Waals surface area contributed by atoms with Crippen LogP contribution in [0.5, 0.6) is 0 Å². The number of halogens is 2. The molecular formula is C11H23Cl2N3O. The van der Waals surface area contributed by atoms with Crippen LogP contribution in [0.3, 0.4) is 0 Å². The van der Waals surface area contributed by atoms with Gasteiger partial charge in [-0.05, 0) is 26.3 Å². The van der Waals surface area contributed by atoms with E-state index in [1.165, 1.54) is 19.4 Å². The third-order valence-corrected chi connectivity index (χ3v) is 3.62. The smallest absolute Gasteiger partial charge is 0.224 e. The zero-order valence-electron chi connectivity index (χ0n) is 10.3. The Labute approximate surface area is 116 Å². The normalized spacial score (nSPS) is 28.0. The molecule has 6 heteroatoms. The molecule has 2 aliphatic rings. The summed E-state index contributed by atoms with van der Waals surface area (Å²) in [6, 6.07) is 0.973. The predicted molar refractivity (Wildman–Crippen MR) is 73.9 cm³/mol. The lowest BCUT2D eigenvalue weighted by Gasteiger charge is -2.42. The summed E-state index contributed by atoms with van der Waals surface area (Å²) >= 11 is 0. The van der Waals surface area contributed by atoms with Crippen LogP contribution in [0.2, 0.25) is 0 Å². The van der Waals surface area contributed by atoms with Crippen molar-refractivity contribution < 1.29 is 4.79 Å². The fourth-order valence-electron chi connectivity index (χ4n) is 2.80. The summed E-state index contributed by atoms with van der Waals surface area (Å²) < 4.78 is 0. The van der Waals surface area contributed by atoms with E-state index in [0.717, 1.165) is 13.1 Å². The van der Waals surface area contributed by atoms with Gasteiger partial charge in [-0.2, -0.15) is 0 Å². The first kappa shape index (κ1) is 17.0. The Morgan fingerprint density at radius 2 is 2.06 bits per heavy atom. The molecule has 2 fully saturated rings. The Morgan fingerprint density at radius 3 is 2.71 bits per heavy atom. The molecule has 0 aliphatic carbocycles. The highest BCUT2D eigenvalue weighted by Crippen LogP contribution is 2.24. The zero-order chi connectivity index (χ0) is 10.8. The summed E-state index contributed by atoms with van der Waals surface area (Å²) in [5, 5.41) is 0. The fraction of sp³-hybridized carbons (Fsp3) is 0.909. The van der Waals surface area contributed by atoms with Crippen LogP contribution in [0.15, 0.2) is 0 Å². The average molecular weight is 284 g/mol. The number of rotatable bonds is 2. The first-order valence-corrected chi connectivity index (χ1v) is 5.96. The molecular weight excluding hydrogens is 261 g/mol. The maximum Gasteiger partial charge on any atom is 0.224 e. The molecule has 0 aromatic heterocycles. The summed E-state index contributed by atoms with van der Waals surface area (Å²) in [4.78, 5) is 16.4. The van der Waals surface area contributed by atoms with E-state index in [9.17, 15) is 4.79 Å². The molecule has 2 rings (SSSR count). The predicted octanol–water partition coefficient (Wildman–Crippen LogP) is 0.874. The molecule has 4 nitrogen and oxygen atoms in total. The largest absolute Gasteiger partial charge is 0.337 e. The van der Waals surface area contributed by atoms with Gasteiger partial charge in [0.2, 0.25) is 5.91 Å². The van der Waals surface area contributed by atoms with Crippen molar-refractivity contribution in [1.82, 2.24) is 9.80 Å². The quantitative estimate of drug-likeness (QED) is 0.818. The molecule has 1 amide bonds. The number of amides is 1. The van der Waals surface area contributed by atoms with Crippen molar-refractivity contribution >= 4 is 30.7 Å². The van der Waals surface area contributed by atoms with Gasteiger partial charge in [0.1, 0.15) is 0 Å². The molecule has 2 N–H and O–H groups in total. The molecule has 0 spiro atoms. The molecule has 0 aromatic carbocycles. The maximum absolute atomic E-state index is 11.8. The lowest BCUT2D eigenvalue weighted by atomic mass is 10.1. The van der Waals surface area contributed by atoms with Crippen LogP contribution in [0.1, 0.15) is 26.2 Å². The summed E-state index contributed by atoms with van der Waals surface area (Å²) in [5.74, 6) is 0.233. The zero-order valence-corrected chi connectivity index (χ0v) is 11.9. The Balaban J connectivity index is 0.00000128. The number of nitrogens with zero attached hydrogens (tertiary/aromatic N) is 2. The van der Waals surface area contributed by atoms with Crippen LogP contribution in [-0.4, -0.2) is 54.0 Å². The first-order valence-electron chi connectivity index (χ1n) is 5.96. The SMILES string of the molecule is CC1CN2CCCC2CN1C(=O)CCN.Cl.Cl. The fourth-order valence-corrected chi connectivity index (χ4v) is 2.80. The minimum Gasteiger partial charge on any atom is -0.337 e. The summed E-state index contributed by atoms with van der Waals surface area (Å²) in [6.45, 7) is 5.79. The molecule has 2 aliphatic heterocycles. The van der Waals surface area contributed by atoms with Crippen LogP contribution in [-0.2, 0) is 4.79 Å². The van der Waals surface area contributed by atoms with E-state index in [2.05, 4.69) is 11.8 Å². The Kier molecular flexibility index (Phi) is 7.40. The van der Waals surface area contributed by atoms with Crippen molar-refractivity contribution in [3.05, 3.63) is 0 Å². The second-order valence-corrected chi connectivity index (χ2v) is 4.72. The van der Waals surface area contributed by atoms with E-state index in [1.54, 1.807) is 0 Å². The Morgan fingerprint density at radius 1 is 1.35 bits per heavy atom. The topological polar surface area (TPSA) is 49.6 Å². The van der Waals surface area contributed by atoms with Crippen LogP contribution in [0.25, 0.3) is 0 Å². The van der Waals surface area contributed by atoms with Crippen molar-refractivity contribution in [2.24, 2.45) is 5.73 Å². The monoisotopic (exact) mass is 283 g/mol. The average Bonchev–Trinajstić information content (AvgIpc) is 2.63. The first-order chi connectivity index (χ1) is 7.22.